The number of carbonyl (C=O) groups is 1. The number of hydrogen-bond donors (Lipinski definition) is 0. The molecule has 0 aliphatic rings. The molecule has 0 aliphatic carbocycles. The van der Waals surface area contributed by atoms with Crippen LogP contribution >= 0.6 is 27.3 Å². The van der Waals surface area contributed by atoms with Crippen LogP contribution in [0.2, 0.25) is 0 Å². The Kier molecular flexibility index (Phi) is 3.61. The van der Waals surface area contributed by atoms with Crippen molar-refractivity contribution >= 4 is 33.2 Å². The highest BCUT2D eigenvalue weighted by molar-refractivity contribution is 9.11. The maximum atomic E-state index is 11.9. The zero-order valence-electron chi connectivity index (χ0n) is 7.22. The summed E-state index contributed by atoms with van der Waals surface area (Å²) in [6.07, 6.45) is -4.83. The minimum absolute atomic E-state index is 0.235. The lowest BCUT2D eigenvalue weighted by Gasteiger charge is -2.07. The first kappa shape index (κ1) is 12.3. The van der Waals surface area contributed by atoms with Crippen LogP contribution < -0.4 is 4.74 Å². The van der Waals surface area contributed by atoms with E-state index in [-0.39, 0.29) is 4.88 Å². The summed E-state index contributed by atoms with van der Waals surface area (Å²) in [5.74, 6) is -1.43. The van der Waals surface area contributed by atoms with Crippen molar-refractivity contribution in [1.29, 1.82) is 0 Å². The van der Waals surface area contributed by atoms with Gasteiger partial charge in [0.1, 0.15) is 0 Å². The summed E-state index contributed by atoms with van der Waals surface area (Å²) in [5, 5.41) is 0. The molecule has 84 valence electrons. The number of methoxy groups -OCH3 is 1. The Bertz CT molecular complexity index is 374. The Balaban J connectivity index is 3.01. The monoisotopic (exact) mass is 304 g/mol. The van der Waals surface area contributed by atoms with Crippen LogP contribution in [0, 0.1) is 0 Å². The van der Waals surface area contributed by atoms with Crippen molar-refractivity contribution in [3.05, 3.63) is 14.7 Å². The molecular formula is C7H4BrF3O3S. The number of carbonyl (C=O) groups excluding carboxylic acids is 1. The molecule has 0 fully saturated rings. The predicted octanol–water partition coefficient (Wildman–Crippen LogP) is 3.20. The first-order valence-electron chi connectivity index (χ1n) is 3.47. The number of halogens is 4. The van der Waals surface area contributed by atoms with Gasteiger partial charge in [-0.2, -0.15) is 0 Å². The minimum Gasteiger partial charge on any atom is -0.465 e. The van der Waals surface area contributed by atoms with Crippen LogP contribution in [0.4, 0.5) is 13.2 Å². The number of esters is 1. The molecule has 1 rings (SSSR count). The van der Waals surface area contributed by atoms with Crippen LogP contribution in [0.3, 0.4) is 0 Å². The summed E-state index contributed by atoms with van der Waals surface area (Å²) in [7, 11) is 1.08. The highest BCUT2D eigenvalue weighted by Gasteiger charge is 2.34. The molecule has 0 aliphatic heterocycles. The first-order valence-corrected chi connectivity index (χ1v) is 5.08. The summed E-state index contributed by atoms with van der Waals surface area (Å²) in [4.78, 5) is 10.8. The van der Waals surface area contributed by atoms with Crippen LogP contribution in [0.15, 0.2) is 9.85 Å². The van der Waals surface area contributed by atoms with Gasteiger partial charge in [-0.1, -0.05) is 0 Å². The summed E-state index contributed by atoms with van der Waals surface area (Å²) in [5.41, 5.74) is 0. The van der Waals surface area contributed by atoms with Crippen molar-refractivity contribution in [1.82, 2.24) is 0 Å². The Labute approximate surface area is 94.9 Å². The summed E-state index contributed by atoms with van der Waals surface area (Å²) >= 11 is 3.76. The van der Waals surface area contributed by atoms with Crippen LogP contribution in [0.25, 0.3) is 0 Å². The van der Waals surface area contributed by atoms with Gasteiger partial charge in [-0.25, -0.2) is 4.79 Å². The SMILES string of the molecule is COC(=O)c1sc(Br)cc1OC(F)(F)F. The Morgan fingerprint density at radius 3 is 2.60 bits per heavy atom. The molecule has 1 aromatic rings. The van der Waals surface area contributed by atoms with E-state index in [1.165, 1.54) is 0 Å². The van der Waals surface area contributed by atoms with Crippen molar-refractivity contribution in [2.75, 3.05) is 7.11 Å². The standard InChI is InChI=1S/C7H4BrF3O3S/c1-13-6(12)5-3(2-4(8)15-5)14-7(9,10)11/h2H,1H3. The second kappa shape index (κ2) is 4.40. The van der Waals surface area contributed by atoms with Crippen molar-refractivity contribution in [2.24, 2.45) is 0 Å². The van der Waals surface area contributed by atoms with Gasteiger partial charge in [0.25, 0.3) is 0 Å². The molecular weight excluding hydrogens is 301 g/mol. The highest BCUT2D eigenvalue weighted by atomic mass is 79.9. The zero-order chi connectivity index (χ0) is 11.6. The summed E-state index contributed by atoms with van der Waals surface area (Å²) in [6, 6.07) is 1.06. The van der Waals surface area contributed by atoms with E-state index in [0.717, 1.165) is 24.5 Å². The quantitative estimate of drug-likeness (QED) is 0.787. The fourth-order valence-corrected chi connectivity index (χ4v) is 2.20. The summed E-state index contributed by atoms with van der Waals surface area (Å²) in [6.45, 7) is 0. The second-order valence-corrected chi connectivity index (χ2v) is 4.71. The van der Waals surface area contributed by atoms with Gasteiger partial charge in [0.15, 0.2) is 10.6 Å². The van der Waals surface area contributed by atoms with Gasteiger partial charge in [-0.05, 0) is 15.9 Å². The number of hydrogen-bond acceptors (Lipinski definition) is 4. The summed E-state index contributed by atoms with van der Waals surface area (Å²) < 4.78 is 44.1. The van der Waals surface area contributed by atoms with E-state index in [9.17, 15) is 18.0 Å². The predicted molar refractivity (Wildman–Crippen MR) is 50.0 cm³/mol. The Morgan fingerprint density at radius 2 is 2.13 bits per heavy atom. The molecule has 0 atom stereocenters. The van der Waals surface area contributed by atoms with Crippen LogP contribution in [-0.4, -0.2) is 19.4 Å². The van der Waals surface area contributed by atoms with Gasteiger partial charge < -0.3 is 9.47 Å². The molecule has 15 heavy (non-hydrogen) atoms. The van der Waals surface area contributed by atoms with Gasteiger partial charge >= 0.3 is 12.3 Å². The van der Waals surface area contributed by atoms with E-state index in [2.05, 4.69) is 25.4 Å². The van der Waals surface area contributed by atoms with Gasteiger partial charge in [0.05, 0.1) is 10.9 Å². The molecule has 1 heterocycles. The zero-order valence-corrected chi connectivity index (χ0v) is 9.62. The van der Waals surface area contributed by atoms with Crippen molar-refractivity contribution in [3.8, 4) is 5.75 Å². The molecule has 8 heteroatoms. The lowest BCUT2D eigenvalue weighted by atomic mass is 10.4. The first-order chi connectivity index (χ1) is 6.83. The van der Waals surface area contributed by atoms with Crippen molar-refractivity contribution in [3.63, 3.8) is 0 Å². The molecule has 0 aromatic carbocycles. The van der Waals surface area contributed by atoms with E-state index in [1.54, 1.807) is 0 Å². The molecule has 3 nitrogen and oxygen atoms in total. The van der Waals surface area contributed by atoms with Crippen LogP contribution in [0.1, 0.15) is 9.67 Å². The van der Waals surface area contributed by atoms with Gasteiger partial charge in [-0.15, -0.1) is 24.5 Å². The number of thiophene rings is 1. The Hall–Kier alpha value is -0.760. The second-order valence-electron chi connectivity index (χ2n) is 2.28. The fraction of sp³-hybridized carbons (Fsp3) is 0.286. The molecule has 1 aromatic heterocycles. The lowest BCUT2D eigenvalue weighted by Crippen LogP contribution is -2.18. The Morgan fingerprint density at radius 1 is 1.53 bits per heavy atom. The topological polar surface area (TPSA) is 35.5 Å². The normalized spacial score (nSPS) is 11.3. The average molecular weight is 305 g/mol. The average Bonchev–Trinajstić information content (AvgIpc) is 2.42. The largest absolute Gasteiger partial charge is 0.573 e. The molecule has 0 amide bonds. The third kappa shape index (κ3) is 3.38. The van der Waals surface area contributed by atoms with E-state index < -0.39 is 18.1 Å². The van der Waals surface area contributed by atoms with Gasteiger partial charge in [0.2, 0.25) is 0 Å². The molecule has 0 radical (unpaired) electrons. The molecule has 0 saturated heterocycles. The third-order valence-electron chi connectivity index (χ3n) is 1.26. The molecule has 0 spiro atoms. The smallest absolute Gasteiger partial charge is 0.465 e. The van der Waals surface area contributed by atoms with Crippen molar-refractivity contribution in [2.45, 2.75) is 6.36 Å². The lowest BCUT2D eigenvalue weighted by molar-refractivity contribution is -0.274. The third-order valence-corrected chi connectivity index (χ3v) is 2.86. The van der Waals surface area contributed by atoms with E-state index >= 15 is 0 Å². The van der Waals surface area contributed by atoms with Crippen molar-refractivity contribution < 1.29 is 27.4 Å². The van der Waals surface area contributed by atoms with Gasteiger partial charge in [-0.3, -0.25) is 0 Å². The van der Waals surface area contributed by atoms with E-state index in [1.807, 2.05) is 0 Å². The number of ether oxygens (including phenoxy) is 2. The maximum Gasteiger partial charge on any atom is 0.573 e. The van der Waals surface area contributed by atoms with E-state index in [0.29, 0.717) is 3.79 Å². The maximum absolute atomic E-state index is 11.9. The highest BCUT2D eigenvalue weighted by Crippen LogP contribution is 2.36. The number of alkyl halides is 3. The van der Waals surface area contributed by atoms with Crippen LogP contribution in [-0.2, 0) is 4.74 Å². The molecule has 0 unspecified atom stereocenters. The molecule has 0 N–H and O–H groups in total. The molecule has 0 bridgehead atoms. The molecule has 0 saturated carbocycles. The fourth-order valence-electron chi connectivity index (χ4n) is 0.781. The number of rotatable bonds is 2. The van der Waals surface area contributed by atoms with Gasteiger partial charge in [0, 0.05) is 6.07 Å². The van der Waals surface area contributed by atoms with Crippen LogP contribution in [0.5, 0.6) is 5.75 Å². The van der Waals surface area contributed by atoms with E-state index in [4.69, 9.17) is 0 Å². The minimum atomic E-state index is -4.83.